The molecule has 0 aromatic carbocycles. The Labute approximate surface area is 96.8 Å². The fourth-order valence-electron chi connectivity index (χ4n) is 1.55. The van der Waals surface area contributed by atoms with Crippen LogP contribution in [0.15, 0.2) is 0 Å². The maximum absolute atomic E-state index is 6.14. The number of nitrogens with one attached hydrogen (secondary N) is 1. The second kappa shape index (κ2) is 5.52. The monoisotopic (exact) mass is 229 g/mol. The summed E-state index contributed by atoms with van der Waals surface area (Å²) >= 11 is 6.14. The Morgan fingerprint density at radius 3 is 2.60 bits per heavy atom. The first-order valence-electron chi connectivity index (χ1n) is 5.41. The molecular weight excluding hydrogens is 210 g/mol. The van der Waals surface area contributed by atoms with E-state index in [0.29, 0.717) is 5.92 Å². The quantitative estimate of drug-likeness (QED) is 0.785. The van der Waals surface area contributed by atoms with Gasteiger partial charge in [-0.2, -0.15) is 5.10 Å². The highest BCUT2D eigenvalue weighted by Crippen LogP contribution is 2.19. The number of hydrogen-bond acceptors (Lipinski definition) is 2. The fraction of sp³-hybridized carbons (Fsp3) is 0.727. The first kappa shape index (κ1) is 12.5. The first-order valence-corrected chi connectivity index (χ1v) is 5.78. The van der Waals surface area contributed by atoms with Gasteiger partial charge >= 0.3 is 0 Å². The van der Waals surface area contributed by atoms with Crippen LogP contribution in [-0.2, 0) is 13.5 Å². The average Bonchev–Trinajstić information content (AvgIpc) is 2.37. The van der Waals surface area contributed by atoms with Crippen LogP contribution in [0.5, 0.6) is 0 Å². The van der Waals surface area contributed by atoms with E-state index in [-0.39, 0.29) is 0 Å². The van der Waals surface area contributed by atoms with E-state index < -0.39 is 0 Å². The number of rotatable bonds is 5. The smallest absolute Gasteiger partial charge is 0.0847 e. The molecule has 4 heteroatoms. The second-order valence-corrected chi connectivity index (χ2v) is 4.70. The zero-order chi connectivity index (χ0) is 11.4. The van der Waals surface area contributed by atoms with E-state index in [0.717, 1.165) is 35.9 Å². The third-order valence-electron chi connectivity index (χ3n) is 2.35. The molecule has 0 saturated carbocycles. The van der Waals surface area contributed by atoms with Crippen LogP contribution in [-0.4, -0.2) is 22.9 Å². The lowest BCUT2D eigenvalue weighted by Crippen LogP contribution is -2.22. The molecule has 0 amide bonds. The highest BCUT2D eigenvalue weighted by atomic mass is 35.5. The minimum atomic E-state index is 0.689. The van der Waals surface area contributed by atoms with Crippen LogP contribution in [0.1, 0.15) is 25.2 Å². The van der Waals surface area contributed by atoms with E-state index in [1.165, 1.54) is 0 Å². The van der Waals surface area contributed by atoms with E-state index in [4.69, 9.17) is 11.6 Å². The Bertz CT molecular complexity index is 318. The van der Waals surface area contributed by atoms with Crippen LogP contribution in [0, 0.1) is 12.8 Å². The summed E-state index contributed by atoms with van der Waals surface area (Å²) in [4.78, 5) is 0. The molecule has 3 nitrogen and oxygen atoms in total. The molecule has 0 bridgehead atoms. The molecule has 1 N–H and O–H groups in total. The van der Waals surface area contributed by atoms with Gasteiger partial charge in [0, 0.05) is 20.0 Å². The van der Waals surface area contributed by atoms with Gasteiger partial charge in [-0.1, -0.05) is 25.4 Å². The first-order chi connectivity index (χ1) is 7.02. The van der Waals surface area contributed by atoms with Gasteiger partial charge in [0.2, 0.25) is 0 Å². The number of aromatic nitrogens is 2. The highest BCUT2D eigenvalue weighted by Gasteiger charge is 2.09. The van der Waals surface area contributed by atoms with Gasteiger partial charge in [-0.25, -0.2) is 0 Å². The van der Waals surface area contributed by atoms with Crippen LogP contribution in [0.25, 0.3) is 0 Å². The summed E-state index contributed by atoms with van der Waals surface area (Å²) in [5.74, 6) is 0.689. The number of nitrogens with zero attached hydrogens (tertiary/aromatic N) is 2. The Morgan fingerprint density at radius 1 is 1.47 bits per heavy atom. The molecule has 15 heavy (non-hydrogen) atoms. The van der Waals surface area contributed by atoms with Gasteiger partial charge in [-0.3, -0.25) is 4.68 Å². The van der Waals surface area contributed by atoms with Crippen molar-refractivity contribution in [2.45, 2.75) is 27.2 Å². The van der Waals surface area contributed by atoms with Crippen molar-refractivity contribution in [1.82, 2.24) is 15.1 Å². The molecular formula is C11H20ClN3. The lowest BCUT2D eigenvalue weighted by Gasteiger charge is -2.07. The molecule has 1 heterocycles. The largest absolute Gasteiger partial charge is 0.316 e. The summed E-state index contributed by atoms with van der Waals surface area (Å²) in [6, 6.07) is 0. The Hall–Kier alpha value is -0.540. The third-order valence-corrected chi connectivity index (χ3v) is 2.84. The molecule has 0 atom stereocenters. The summed E-state index contributed by atoms with van der Waals surface area (Å²) in [7, 11) is 1.94. The molecule has 0 saturated heterocycles. The maximum Gasteiger partial charge on any atom is 0.0847 e. The van der Waals surface area contributed by atoms with E-state index in [2.05, 4.69) is 24.3 Å². The van der Waals surface area contributed by atoms with Gasteiger partial charge in [0.25, 0.3) is 0 Å². The van der Waals surface area contributed by atoms with E-state index in [1.54, 1.807) is 0 Å². The van der Waals surface area contributed by atoms with Crippen LogP contribution in [0.2, 0.25) is 5.02 Å². The summed E-state index contributed by atoms with van der Waals surface area (Å²) in [5, 5.41) is 8.49. The van der Waals surface area contributed by atoms with Gasteiger partial charge in [0.05, 0.1) is 16.4 Å². The van der Waals surface area contributed by atoms with Crippen LogP contribution < -0.4 is 5.32 Å². The summed E-state index contributed by atoms with van der Waals surface area (Å²) < 4.78 is 1.87. The Kier molecular flexibility index (Phi) is 4.61. The zero-order valence-electron chi connectivity index (χ0n) is 9.97. The van der Waals surface area contributed by atoms with Crippen molar-refractivity contribution in [2.75, 3.05) is 13.1 Å². The van der Waals surface area contributed by atoms with E-state index in [9.17, 15) is 0 Å². The molecule has 0 aliphatic carbocycles. The van der Waals surface area contributed by atoms with Gasteiger partial charge in [-0.05, 0) is 19.4 Å². The maximum atomic E-state index is 6.14. The van der Waals surface area contributed by atoms with E-state index in [1.807, 2.05) is 18.7 Å². The molecule has 0 radical (unpaired) electrons. The summed E-state index contributed by atoms with van der Waals surface area (Å²) in [6.45, 7) is 8.35. The predicted molar refractivity (Wildman–Crippen MR) is 64.4 cm³/mol. The van der Waals surface area contributed by atoms with E-state index >= 15 is 0 Å². The molecule has 1 rings (SSSR count). The predicted octanol–water partition coefficient (Wildman–Crippen LogP) is 2.17. The molecule has 0 aliphatic rings. The highest BCUT2D eigenvalue weighted by molar-refractivity contribution is 6.31. The standard InChI is InChI=1S/C11H20ClN3/c1-8(2)7-13-6-5-10-11(12)9(3)14-15(10)4/h8,13H,5-7H2,1-4H3. The minimum Gasteiger partial charge on any atom is -0.316 e. The van der Waals surface area contributed by atoms with Crippen molar-refractivity contribution in [1.29, 1.82) is 0 Å². The molecule has 0 unspecified atom stereocenters. The summed E-state index contributed by atoms with van der Waals surface area (Å²) in [6.07, 6.45) is 0.933. The van der Waals surface area contributed by atoms with Crippen molar-refractivity contribution in [3.8, 4) is 0 Å². The van der Waals surface area contributed by atoms with Crippen molar-refractivity contribution >= 4 is 11.6 Å². The number of halogens is 1. The number of aryl methyl sites for hydroxylation is 2. The van der Waals surface area contributed by atoms with Crippen LogP contribution in [0.3, 0.4) is 0 Å². The molecule has 0 aliphatic heterocycles. The Morgan fingerprint density at radius 2 is 2.13 bits per heavy atom. The fourth-order valence-corrected chi connectivity index (χ4v) is 1.80. The van der Waals surface area contributed by atoms with Crippen LogP contribution >= 0.6 is 11.6 Å². The molecule has 0 spiro atoms. The lowest BCUT2D eigenvalue weighted by molar-refractivity contribution is 0.547. The van der Waals surface area contributed by atoms with Crippen LogP contribution in [0.4, 0.5) is 0 Å². The van der Waals surface area contributed by atoms with Crippen molar-refractivity contribution in [3.05, 3.63) is 16.4 Å². The molecule has 0 fully saturated rings. The third kappa shape index (κ3) is 3.50. The lowest BCUT2D eigenvalue weighted by atomic mass is 10.2. The minimum absolute atomic E-state index is 0.689. The van der Waals surface area contributed by atoms with Gasteiger partial charge in [0.1, 0.15) is 0 Å². The topological polar surface area (TPSA) is 29.9 Å². The molecule has 1 aromatic rings. The van der Waals surface area contributed by atoms with Crippen molar-refractivity contribution in [2.24, 2.45) is 13.0 Å². The normalized spacial score (nSPS) is 11.3. The van der Waals surface area contributed by atoms with Gasteiger partial charge in [0.15, 0.2) is 0 Å². The second-order valence-electron chi connectivity index (χ2n) is 4.32. The molecule has 86 valence electrons. The number of hydrogen-bond donors (Lipinski definition) is 1. The van der Waals surface area contributed by atoms with Gasteiger partial charge in [-0.15, -0.1) is 0 Å². The summed E-state index contributed by atoms with van der Waals surface area (Å²) in [5.41, 5.74) is 2.03. The van der Waals surface area contributed by atoms with Crippen molar-refractivity contribution in [3.63, 3.8) is 0 Å². The average molecular weight is 230 g/mol. The van der Waals surface area contributed by atoms with Crippen molar-refractivity contribution < 1.29 is 0 Å². The Balaban J connectivity index is 2.44. The zero-order valence-corrected chi connectivity index (χ0v) is 10.7. The SMILES string of the molecule is Cc1nn(C)c(CCNCC(C)C)c1Cl. The molecule has 1 aromatic heterocycles. The van der Waals surface area contributed by atoms with Gasteiger partial charge < -0.3 is 5.32 Å².